The zero-order valence-electron chi connectivity index (χ0n) is 20.3. The molecule has 0 saturated carbocycles. The molecule has 9 nitrogen and oxygen atoms in total. The van der Waals surface area contributed by atoms with E-state index in [2.05, 4.69) is 22.8 Å². The van der Waals surface area contributed by atoms with Crippen molar-refractivity contribution in [1.82, 2.24) is 15.5 Å². The number of methoxy groups -OCH3 is 1. The third-order valence-electron chi connectivity index (χ3n) is 6.06. The SMILES string of the molecule is COC(CNC(=O)C(CCN(C)C)NC(=O)OCC1c2ccccc2-c2ccccc21)CC(=O)O. The first-order valence-corrected chi connectivity index (χ1v) is 11.6. The van der Waals surface area contributed by atoms with Gasteiger partial charge in [-0.05, 0) is 49.3 Å². The zero-order chi connectivity index (χ0) is 25.4. The summed E-state index contributed by atoms with van der Waals surface area (Å²) in [5.74, 6) is -1.53. The van der Waals surface area contributed by atoms with E-state index in [9.17, 15) is 14.4 Å². The van der Waals surface area contributed by atoms with Crippen LogP contribution in [0.1, 0.15) is 29.9 Å². The van der Waals surface area contributed by atoms with Crippen LogP contribution in [0.4, 0.5) is 4.79 Å². The number of ether oxygens (including phenoxy) is 2. The molecule has 1 aliphatic carbocycles. The maximum absolute atomic E-state index is 12.8. The van der Waals surface area contributed by atoms with Gasteiger partial charge in [-0.25, -0.2) is 4.79 Å². The second-order valence-corrected chi connectivity index (χ2v) is 8.82. The van der Waals surface area contributed by atoms with Gasteiger partial charge in [0.25, 0.3) is 0 Å². The number of hydrogen-bond donors (Lipinski definition) is 3. The second-order valence-electron chi connectivity index (χ2n) is 8.82. The van der Waals surface area contributed by atoms with Crippen molar-refractivity contribution >= 4 is 18.0 Å². The predicted octanol–water partition coefficient (Wildman–Crippen LogP) is 2.45. The Balaban J connectivity index is 1.61. The molecule has 2 aromatic carbocycles. The number of carboxylic acid groups (broad SMARTS) is 1. The summed E-state index contributed by atoms with van der Waals surface area (Å²) in [6.45, 7) is 0.725. The highest BCUT2D eigenvalue weighted by Crippen LogP contribution is 2.44. The van der Waals surface area contributed by atoms with Crippen molar-refractivity contribution in [2.45, 2.75) is 30.9 Å². The fourth-order valence-electron chi connectivity index (χ4n) is 4.21. The van der Waals surface area contributed by atoms with Gasteiger partial charge in [-0.3, -0.25) is 9.59 Å². The van der Waals surface area contributed by atoms with Gasteiger partial charge in [0, 0.05) is 19.6 Å². The summed E-state index contributed by atoms with van der Waals surface area (Å²) in [5, 5.41) is 14.3. The smallest absolute Gasteiger partial charge is 0.407 e. The maximum Gasteiger partial charge on any atom is 0.407 e. The van der Waals surface area contributed by atoms with Crippen molar-refractivity contribution in [3.8, 4) is 11.1 Å². The van der Waals surface area contributed by atoms with Crippen LogP contribution < -0.4 is 10.6 Å². The Bertz CT molecular complexity index is 996. The van der Waals surface area contributed by atoms with Crippen LogP contribution in [-0.2, 0) is 19.1 Å². The molecule has 0 saturated heterocycles. The van der Waals surface area contributed by atoms with E-state index in [1.165, 1.54) is 7.11 Å². The number of rotatable bonds is 12. The van der Waals surface area contributed by atoms with Crippen LogP contribution in [0.25, 0.3) is 11.1 Å². The van der Waals surface area contributed by atoms with Gasteiger partial charge < -0.3 is 30.1 Å². The fourth-order valence-corrected chi connectivity index (χ4v) is 4.21. The van der Waals surface area contributed by atoms with E-state index in [1.54, 1.807) is 0 Å². The number of carbonyl (C=O) groups excluding carboxylic acids is 2. The monoisotopic (exact) mass is 483 g/mol. The number of nitrogens with one attached hydrogen (secondary N) is 2. The summed E-state index contributed by atoms with van der Waals surface area (Å²) >= 11 is 0. The predicted molar refractivity (Wildman–Crippen MR) is 131 cm³/mol. The Kier molecular flexibility index (Phi) is 9.22. The topological polar surface area (TPSA) is 117 Å². The molecule has 188 valence electrons. The molecule has 2 amide bonds. The molecule has 9 heteroatoms. The summed E-state index contributed by atoms with van der Waals surface area (Å²) in [5.41, 5.74) is 4.48. The first kappa shape index (κ1) is 26.2. The second kappa shape index (κ2) is 12.3. The van der Waals surface area contributed by atoms with E-state index in [4.69, 9.17) is 14.6 Å². The molecule has 0 aliphatic heterocycles. The van der Waals surface area contributed by atoms with Crippen LogP contribution in [-0.4, -0.2) is 81.0 Å². The molecule has 0 bridgehead atoms. The van der Waals surface area contributed by atoms with Crippen LogP contribution in [0.5, 0.6) is 0 Å². The number of hydrogen-bond acceptors (Lipinski definition) is 6. The Morgan fingerprint density at radius 1 is 1.03 bits per heavy atom. The number of nitrogens with zero attached hydrogens (tertiary/aromatic N) is 1. The number of fused-ring (bicyclic) bond motifs is 3. The molecular formula is C26H33N3O6. The van der Waals surface area contributed by atoms with Crippen molar-refractivity contribution in [1.29, 1.82) is 0 Å². The number of benzene rings is 2. The first-order chi connectivity index (χ1) is 16.8. The number of carboxylic acids is 1. The Morgan fingerprint density at radius 3 is 2.17 bits per heavy atom. The lowest BCUT2D eigenvalue weighted by Gasteiger charge is -2.22. The Morgan fingerprint density at radius 2 is 1.63 bits per heavy atom. The summed E-state index contributed by atoms with van der Waals surface area (Å²) in [4.78, 5) is 38.3. The number of alkyl carbamates (subject to hydrolysis) is 1. The molecule has 1 aliphatic rings. The van der Waals surface area contributed by atoms with E-state index in [0.29, 0.717) is 13.0 Å². The van der Waals surface area contributed by atoms with Crippen molar-refractivity contribution in [3.05, 3.63) is 59.7 Å². The molecule has 3 N–H and O–H groups in total. The molecule has 0 radical (unpaired) electrons. The standard InChI is InChI=1S/C26H33N3O6/c1-29(2)13-12-23(25(32)27-15-17(34-3)14-24(30)31)28-26(33)35-16-22-20-10-6-4-8-18(20)19-9-5-7-11-21(19)22/h4-11,17,22-23H,12-16H2,1-3H3,(H,27,32)(H,28,33)(H,30,31). The summed E-state index contributed by atoms with van der Waals surface area (Å²) in [6.07, 6.45) is -1.22. The van der Waals surface area contributed by atoms with Crippen LogP contribution in [0.3, 0.4) is 0 Å². The molecule has 0 fully saturated rings. The Hall–Kier alpha value is -3.43. The van der Waals surface area contributed by atoms with Gasteiger partial charge in [0.15, 0.2) is 0 Å². The summed E-state index contributed by atoms with van der Waals surface area (Å²) in [6, 6.07) is 15.3. The van der Waals surface area contributed by atoms with Crippen molar-refractivity contribution < 1.29 is 29.0 Å². The van der Waals surface area contributed by atoms with Crippen molar-refractivity contribution in [2.24, 2.45) is 0 Å². The molecule has 2 atom stereocenters. The third-order valence-corrected chi connectivity index (χ3v) is 6.06. The van der Waals surface area contributed by atoms with Gasteiger partial charge in [-0.1, -0.05) is 48.5 Å². The molecular weight excluding hydrogens is 450 g/mol. The Labute approximate surface area is 205 Å². The lowest BCUT2D eigenvalue weighted by molar-refractivity contribution is -0.140. The highest BCUT2D eigenvalue weighted by Gasteiger charge is 2.30. The lowest BCUT2D eigenvalue weighted by Crippen LogP contribution is -2.49. The molecule has 2 aromatic rings. The molecule has 0 spiro atoms. The van der Waals surface area contributed by atoms with E-state index >= 15 is 0 Å². The fraction of sp³-hybridized carbons (Fsp3) is 0.423. The van der Waals surface area contributed by atoms with Crippen LogP contribution in [0, 0.1) is 0 Å². The largest absolute Gasteiger partial charge is 0.481 e. The summed E-state index contributed by atoms with van der Waals surface area (Å²) < 4.78 is 10.7. The van der Waals surface area contributed by atoms with Crippen LogP contribution in [0.2, 0.25) is 0 Å². The van der Waals surface area contributed by atoms with Crippen LogP contribution in [0.15, 0.2) is 48.5 Å². The summed E-state index contributed by atoms with van der Waals surface area (Å²) in [7, 11) is 5.13. The van der Waals surface area contributed by atoms with E-state index in [0.717, 1.165) is 22.3 Å². The first-order valence-electron chi connectivity index (χ1n) is 11.6. The van der Waals surface area contributed by atoms with Gasteiger partial charge in [0.05, 0.1) is 12.5 Å². The van der Waals surface area contributed by atoms with E-state index < -0.39 is 30.1 Å². The number of amides is 2. The highest BCUT2D eigenvalue weighted by molar-refractivity contribution is 5.86. The molecule has 0 heterocycles. The van der Waals surface area contributed by atoms with Crippen molar-refractivity contribution in [2.75, 3.05) is 40.9 Å². The average Bonchev–Trinajstić information content (AvgIpc) is 3.16. The zero-order valence-corrected chi connectivity index (χ0v) is 20.3. The number of aliphatic carboxylic acids is 1. The molecule has 2 unspecified atom stereocenters. The minimum absolute atomic E-state index is 0.0203. The van der Waals surface area contributed by atoms with E-state index in [1.807, 2.05) is 55.4 Å². The molecule has 35 heavy (non-hydrogen) atoms. The normalized spacial score (nSPS) is 14.1. The van der Waals surface area contributed by atoms with Gasteiger partial charge in [0.2, 0.25) is 5.91 Å². The number of carbonyl (C=O) groups is 3. The lowest BCUT2D eigenvalue weighted by atomic mass is 9.98. The quantitative estimate of drug-likeness (QED) is 0.425. The van der Waals surface area contributed by atoms with Gasteiger partial charge in [0.1, 0.15) is 12.6 Å². The van der Waals surface area contributed by atoms with E-state index in [-0.39, 0.29) is 25.5 Å². The van der Waals surface area contributed by atoms with Gasteiger partial charge in [-0.2, -0.15) is 0 Å². The minimum Gasteiger partial charge on any atom is -0.481 e. The van der Waals surface area contributed by atoms with Crippen molar-refractivity contribution in [3.63, 3.8) is 0 Å². The highest BCUT2D eigenvalue weighted by atomic mass is 16.5. The van der Waals surface area contributed by atoms with Crippen LogP contribution >= 0.6 is 0 Å². The molecule has 0 aromatic heterocycles. The maximum atomic E-state index is 12.8. The van der Waals surface area contributed by atoms with Gasteiger partial charge in [-0.15, -0.1) is 0 Å². The minimum atomic E-state index is -1.02. The molecule has 3 rings (SSSR count). The van der Waals surface area contributed by atoms with Gasteiger partial charge >= 0.3 is 12.1 Å². The third kappa shape index (κ3) is 7.03. The average molecular weight is 484 g/mol.